The number of piperidine rings is 1. The molecule has 1 aromatic heterocycles. The third kappa shape index (κ3) is 3.88. The molecule has 0 N–H and O–H groups in total. The minimum atomic E-state index is -3.40. The maximum atomic E-state index is 12.6. The van der Waals surface area contributed by atoms with Crippen molar-refractivity contribution in [2.45, 2.75) is 68.1 Å². The number of hydrogen-bond acceptors (Lipinski definition) is 4. The summed E-state index contributed by atoms with van der Waals surface area (Å²) in [6.45, 7) is 1.96. The largest absolute Gasteiger partial charge is 0.312 e. The van der Waals surface area contributed by atoms with E-state index in [1.165, 1.54) is 50.3 Å². The van der Waals surface area contributed by atoms with Crippen molar-refractivity contribution in [3.8, 4) is 0 Å². The van der Waals surface area contributed by atoms with Crippen molar-refractivity contribution in [3.63, 3.8) is 0 Å². The highest BCUT2D eigenvalue weighted by molar-refractivity contribution is 7.90. The Bertz CT molecular complexity index is 1170. The summed E-state index contributed by atoms with van der Waals surface area (Å²) in [5, 5.41) is 0.212. The zero-order valence-electron chi connectivity index (χ0n) is 18.9. The molecule has 0 unspecified atom stereocenters. The second kappa shape index (κ2) is 8.64. The summed E-state index contributed by atoms with van der Waals surface area (Å²) >= 11 is 0. The molecule has 0 spiro atoms. The smallest absolute Gasteiger partial charge is 0.228 e. The van der Waals surface area contributed by atoms with Crippen LogP contribution in [0.2, 0.25) is 0 Å². The number of para-hydroxylation sites is 2. The fraction of sp³-hybridized carbons (Fsp3) is 0.500. The van der Waals surface area contributed by atoms with E-state index in [4.69, 9.17) is 0 Å². The molecular weight excluding hydrogens is 418 g/mol. The highest BCUT2D eigenvalue weighted by atomic mass is 32.2. The Kier molecular flexibility index (Phi) is 5.84. The van der Waals surface area contributed by atoms with Gasteiger partial charge in [-0.3, -0.25) is 4.90 Å². The maximum absolute atomic E-state index is 12.6. The molecule has 0 amide bonds. The van der Waals surface area contributed by atoms with Gasteiger partial charge in [-0.2, -0.15) is 0 Å². The van der Waals surface area contributed by atoms with Gasteiger partial charge in [-0.1, -0.05) is 68.1 Å². The summed E-state index contributed by atoms with van der Waals surface area (Å²) in [5.74, 6) is 0. The fourth-order valence-corrected chi connectivity index (χ4v) is 6.91. The minimum absolute atomic E-state index is 0.111. The van der Waals surface area contributed by atoms with E-state index in [9.17, 15) is 8.42 Å². The van der Waals surface area contributed by atoms with Gasteiger partial charge in [-0.25, -0.2) is 13.4 Å². The van der Waals surface area contributed by atoms with Crippen LogP contribution in [0.4, 0.5) is 0 Å². The van der Waals surface area contributed by atoms with Crippen LogP contribution in [0.5, 0.6) is 0 Å². The maximum Gasteiger partial charge on any atom is 0.228 e. The van der Waals surface area contributed by atoms with Crippen molar-refractivity contribution in [2.75, 3.05) is 19.3 Å². The minimum Gasteiger partial charge on any atom is -0.312 e. The Morgan fingerprint density at radius 1 is 0.875 bits per heavy atom. The van der Waals surface area contributed by atoms with Crippen LogP contribution in [0.25, 0.3) is 11.0 Å². The Balaban J connectivity index is 1.46. The zero-order chi connectivity index (χ0) is 22.2. The third-order valence-corrected chi connectivity index (χ3v) is 8.52. The zero-order valence-corrected chi connectivity index (χ0v) is 19.7. The second-order valence-electron chi connectivity index (χ2n) is 9.56. The molecule has 1 aliphatic heterocycles. The van der Waals surface area contributed by atoms with Gasteiger partial charge < -0.3 is 4.57 Å². The van der Waals surface area contributed by atoms with Gasteiger partial charge in [0.15, 0.2) is 0 Å². The number of hydrogen-bond donors (Lipinski definition) is 0. The normalized spacial score (nSPS) is 20.9. The van der Waals surface area contributed by atoms with Crippen molar-refractivity contribution in [1.82, 2.24) is 14.5 Å². The average Bonchev–Trinajstić information content (AvgIpc) is 3.04. The number of rotatable bonds is 4. The van der Waals surface area contributed by atoms with E-state index in [0.717, 1.165) is 37.0 Å². The number of nitrogens with zero attached hydrogens (tertiary/aromatic N) is 3. The van der Waals surface area contributed by atoms with Crippen LogP contribution in [-0.2, 0) is 15.4 Å². The van der Waals surface area contributed by atoms with Crippen LogP contribution in [0.15, 0.2) is 59.8 Å². The van der Waals surface area contributed by atoms with Gasteiger partial charge in [-0.05, 0) is 43.4 Å². The molecular formula is C26H33N3O2S. The summed E-state index contributed by atoms with van der Waals surface area (Å²) in [7, 11) is -3.40. The number of sulfone groups is 1. The Hall–Kier alpha value is -2.18. The van der Waals surface area contributed by atoms with Crippen LogP contribution in [0, 0.1) is 0 Å². The molecule has 3 aromatic rings. The van der Waals surface area contributed by atoms with E-state index in [1.807, 2.05) is 28.8 Å². The first-order chi connectivity index (χ1) is 15.5. The lowest BCUT2D eigenvalue weighted by Gasteiger charge is -2.48. The van der Waals surface area contributed by atoms with E-state index in [1.54, 1.807) is 0 Å². The quantitative estimate of drug-likeness (QED) is 0.503. The predicted molar refractivity (Wildman–Crippen MR) is 129 cm³/mol. The number of fused-ring (bicyclic) bond motifs is 1. The summed E-state index contributed by atoms with van der Waals surface area (Å²) < 4.78 is 27.1. The molecule has 2 aliphatic rings. The molecule has 1 aliphatic carbocycles. The monoisotopic (exact) mass is 451 g/mol. The third-order valence-electron chi connectivity index (χ3n) is 7.57. The molecule has 2 aromatic carbocycles. The lowest BCUT2D eigenvalue weighted by Crippen LogP contribution is -2.50. The Morgan fingerprint density at radius 3 is 2.16 bits per heavy atom. The molecule has 1 saturated heterocycles. The highest BCUT2D eigenvalue weighted by Crippen LogP contribution is 2.44. The lowest BCUT2D eigenvalue weighted by atomic mass is 9.79. The van der Waals surface area contributed by atoms with Gasteiger partial charge >= 0.3 is 0 Å². The van der Waals surface area contributed by atoms with E-state index in [2.05, 4.69) is 40.2 Å². The van der Waals surface area contributed by atoms with Gasteiger partial charge in [0.2, 0.25) is 15.0 Å². The van der Waals surface area contributed by atoms with E-state index >= 15 is 0 Å². The highest BCUT2D eigenvalue weighted by Gasteiger charge is 2.41. The second-order valence-corrected chi connectivity index (χ2v) is 11.5. The molecule has 1 saturated carbocycles. The van der Waals surface area contributed by atoms with E-state index < -0.39 is 9.84 Å². The number of aromatic nitrogens is 2. The van der Waals surface area contributed by atoms with Crippen molar-refractivity contribution < 1.29 is 8.42 Å². The standard InChI is InChI=1S/C26H33N3O2S/c1-32(30,31)25-27-23-13-7-8-14-24(23)29(25)22-15-19-28(20-16-22)26(17-9-2-3-10-18-26)21-11-5-4-6-12-21/h4-8,11-14,22H,2-3,9-10,15-20H2,1H3. The predicted octanol–water partition coefficient (Wildman–Crippen LogP) is 5.33. The van der Waals surface area contributed by atoms with E-state index in [-0.39, 0.29) is 16.7 Å². The first-order valence-electron chi connectivity index (χ1n) is 12.0. The van der Waals surface area contributed by atoms with Crippen molar-refractivity contribution in [3.05, 3.63) is 60.2 Å². The van der Waals surface area contributed by atoms with Crippen LogP contribution in [0.3, 0.4) is 0 Å². The van der Waals surface area contributed by atoms with Gasteiger partial charge in [0.1, 0.15) is 0 Å². The molecule has 5 rings (SSSR count). The van der Waals surface area contributed by atoms with E-state index in [0.29, 0.717) is 0 Å². The number of likely N-dealkylation sites (tertiary alicyclic amines) is 1. The number of benzene rings is 2. The molecule has 170 valence electrons. The Labute approximate surface area is 191 Å². The lowest BCUT2D eigenvalue weighted by molar-refractivity contribution is 0.0348. The van der Waals surface area contributed by atoms with Gasteiger partial charge in [0, 0.05) is 30.9 Å². The molecule has 5 nitrogen and oxygen atoms in total. The van der Waals surface area contributed by atoms with Gasteiger partial charge in [-0.15, -0.1) is 0 Å². The molecule has 0 atom stereocenters. The van der Waals surface area contributed by atoms with Crippen LogP contribution < -0.4 is 0 Å². The van der Waals surface area contributed by atoms with Crippen LogP contribution >= 0.6 is 0 Å². The van der Waals surface area contributed by atoms with Gasteiger partial charge in [0.25, 0.3) is 0 Å². The molecule has 32 heavy (non-hydrogen) atoms. The molecule has 0 bridgehead atoms. The van der Waals surface area contributed by atoms with Crippen LogP contribution in [0.1, 0.15) is 63.0 Å². The first kappa shape index (κ1) is 21.7. The first-order valence-corrected chi connectivity index (χ1v) is 13.9. The van der Waals surface area contributed by atoms with Crippen molar-refractivity contribution >= 4 is 20.9 Å². The molecule has 6 heteroatoms. The van der Waals surface area contributed by atoms with Gasteiger partial charge in [0.05, 0.1) is 11.0 Å². The van der Waals surface area contributed by atoms with Crippen molar-refractivity contribution in [1.29, 1.82) is 0 Å². The summed E-state index contributed by atoms with van der Waals surface area (Å²) in [4.78, 5) is 7.21. The number of imidazole rings is 1. The Morgan fingerprint density at radius 2 is 1.50 bits per heavy atom. The summed E-state index contributed by atoms with van der Waals surface area (Å²) in [6.07, 6.45) is 10.8. The molecule has 0 radical (unpaired) electrons. The summed E-state index contributed by atoms with van der Waals surface area (Å²) in [6, 6.07) is 19.0. The molecule has 2 heterocycles. The van der Waals surface area contributed by atoms with Crippen LogP contribution in [-0.4, -0.2) is 42.2 Å². The summed E-state index contributed by atoms with van der Waals surface area (Å²) in [5.41, 5.74) is 3.25. The SMILES string of the molecule is CS(=O)(=O)c1nc2ccccc2n1C1CCN(C2(c3ccccc3)CCCCCC2)CC1. The molecule has 2 fully saturated rings. The fourth-order valence-electron chi connectivity index (χ4n) is 6.04. The average molecular weight is 452 g/mol. The topological polar surface area (TPSA) is 55.2 Å². The van der Waals surface area contributed by atoms with Crippen molar-refractivity contribution in [2.24, 2.45) is 0 Å².